The summed E-state index contributed by atoms with van der Waals surface area (Å²) in [6, 6.07) is 0. The van der Waals surface area contributed by atoms with Crippen LogP contribution >= 0.6 is 0 Å². The molecule has 0 saturated heterocycles. The normalized spacial score (nSPS) is 21.0. The number of carbonyl (C=O) groups excluding carboxylic acids is 1. The molecule has 0 bridgehead atoms. The van der Waals surface area contributed by atoms with Gasteiger partial charge in [0.05, 0.1) is 0 Å². The molecule has 108 valence electrons. The third kappa shape index (κ3) is 5.03. The topological polar surface area (TPSA) is 92.4 Å². The number of carboxylic acid groups (broad SMARTS) is 1. The van der Waals surface area contributed by atoms with Gasteiger partial charge in [0.1, 0.15) is 5.70 Å². The van der Waals surface area contributed by atoms with Crippen LogP contribution in [0.15, 0.2) is 11.8 Å². The van der Waals surface area contributed by atoms with Gasteiger partial charge in [0.25, 0.3) is 0 Å². The summed E-state index contributed by atoms with van der Waals surface area (Å²) in [6.45, 7) is 4.67. The summed E-state index contributed by atoms with van der Waals surface area (Å²) in [7, 11) is 0. The zero-order chi connectivity index (χ0) is 14.5. The van der Waals surface area contributed by atoms with Crippen LogP contribution in [0.2, 0.25) is 0 Å². The first-order chi connectivity index (χ1) is 8.88. The van der Waals surface area contributed by atoms with Gasteiger partial charge in [-0.05, 0) is 37.6 Å². The van der Waals surface area contributed by atoms with Crippen LogP contribution in [0.5, 0.6) is 0 Å². The molecule has 1 aliphatic rings. The van der Waals surface area contributed by atoms with Crippen molar-refractivity contribution in [2.75, 3.05) is 6.54 Å². The summed E-state index contributed by atoms with van der Waals surface area (Å²) in [4.78, 5) is 22.9. The Morgan fingerprint density at radius 3 is 2.47 bits per heavy atom. The second-order valence-corrected chi connectivity index (χ2v) is 5.80. The van der Waals surface area contributed by atoms with Crippen LogP contribution in [0.1, 0.15) is 46.0 Å². The van der Waals surface area contributed by atoms with E-state index in [1.54, 1.807) is 6.08 Å². The van der Waals surface area contributed by atoms with Crippen molar-refractivity contribution in [1.82, 2.24) is 5.32 Å². The summed E-state index contributed by atoms with van der Waals surface area (Å²) in [6.07, 6.45) is 5.87. The summed E-state index contributed by atoms with van der Waals surface area (Å²) in [5, 5.41) is 11.6. The van der Waals surface area contributed by atoms with Crippen molar-refractivity contribution in [2.45, 2.75) is 46.0 Å². The monoisotopic (exact) mass is 268 g/mol. The lowest BCUT2D eigenvalue weighted by Crippen LogP contribution is -2.29. The van der Waals surface area contributed by atoms with Gasteiger partial charge in [0.2, 0.25) is 5.91 Å². The molecular formula is C14H24N2O3. The minimum absolute atomic E-state index is 0.000415. The zero-order valence-electron chi connectivity index (χ0n) is 11.7. The summed E-state index contributed by atoms with van der Waals surface area (Å²) >= 11 is 0. The Kier molecular flexibility index (Phi) is 5.54. The molecule has 1 saturated carbocycles. The number of amides is 1. The number of aliphatic carboxylic acids is 1. The van der Waals surface area contributed by atoms with Crippen LogP contribution < -0.4 is 11.1 Å². The van der Waals surface area contributed by atoms with Crippen LogP contribution in [0.4, 0.5) is 0 Å². The Balaban J connectivity index is 2.42. The maximum atomic E-state index is 11.8. The molecule has 1 amide bonds. The Morgan fingerprint density at radius 1 is 1.37 bits per heavy atom. The van der Waals surface area contributed by atoms with Crippen LogP contribution in [-0.4, -0.2) is 23.5 Å². The molecule has 0 aromatic heterocycles. The zero-order valence-corrected chi connectivity index (χ0v) is 11.7. The second kappa shape index (κ2) is 6.70. The Morgan fingerprint density at radius 2 is 2.00 bits per heavy atom. The van der Waals surface area contributed by atoms with Crippen molar-refractivity contribution < 1.29 is 14.7 Å². The molecule has 5 heteroatoms. The fourth-order valence-electron chi connectivity index (χ4n) is 2.04. The van der Waals surface area contributed by atoms with Crippen LogP contribution in [0.3, 0.4) is 0 Å². The lowest BCUT2D eigenvalue weighted by atomic mass is 10.1. The highest BCUT2D eigenvalue weighted by Gasteiger charge is 2.50. The van der Waals surface area contributed by atoms with E-state index in [4.69, 9.17) is 10.8 Å². The van der Waals surface area contributed by atoms with E-state index < -0.39 is 5.97 Å². The molecule has 4 N–H and O–H groups in total. The van der Waals surface area contributed by atoms with Gasteiger partial charge in [-0.15, -0.1) is 0 Å². The third-order valence-electron chi connectivity index (χ3n) is 3.57. The molecule has 1 rings (SSSR count). The summed E-state index contributed by atoms with van der Waals surface area (Å²) < 4.78 is 0. The molecule has 0 aromatic carbocycles. The van der Waals surface area contributed by atoms with E-state index in [0.717, 1.165) is 25.7 Å². The number of hydrogen-bond donors (Lipinski definition) is 3. The predicted molar refractivity (Wildman–Crippen MR) is 73.3 cm³/mol. The average molecular weight is 268 g/mol. The first kappa shape index (κ1) is 15.7. The van der Waals surface area contributed by atoms with Crippen LogP contribution in [0.25, 0.3) is 0 Å². The van der Waals surface area contributed by atoms with Crippen molar-refractivity contribution in [3.63, 3.8) is 0 Å². The SMILES string of the molecule is CC1(C)CC1C(=O)N/C(=C\CCCCCN)C(=O)O. The van der Waals surface area contributed by atoms with Gasteiger partial charge in [-0.25, -0.2) is 4.79 Å². The highest BCUT2D eigenvalue weighted by atomic mass is 16.4. The highest BCUT2D eigenvalue weighted by molar-refractivity contribution is 5.94. The summed E-state index contributed by atoms with van der Waals surface area (Å²) in [5.41, 5.74) is 5.39. The molecule has 0 radical (unpaired) electrons. The maximum Gasteiger partial charge on any atom is 0.352 e. The van der Waals surface area contributed by atoms with Gasteiger partial charge in [0, 0.05) is 5.92 Å². The van der Waals surface area contributed by atoms with Crippen LogP contribution in [-0.2, 0) is 9.59 Å². The van der Waals surface area contributed by atoms with Gasteiger partial charge in [-0.1, -0.05) is 26.3 Å². The number of nitrogens with two attached hydrogens (primary N) is 1. The smallest absolute Gasteiger partial charge is 0.352 e. The Bertz CT molecular complexity index is 375. The fourth-order valence-corrected chi connectivity index (χ4v) is 2.04. The lowest BCUT2D eigenvalue weighted by molar-refractivity contribution is -0.135. The Hall–Kier alpha value is -1.36. The second-order valence-electron chi connectivity index (χ2n) is 5.80. The van der Waals surface area contributed by atoms with Gasteiger partial charge >= 0.3 is 5.97 Å². The minimum atomic E-state index is -1.08. The van der Waals surface area contributed by atoms with Crippen molar-refractivity contribution >= 4 is 11.9 Å². The lowest BCUT2D eigenvalue weighted by Gasteiger charge is -2.07. The van der Waals surface area contributed by atoms with Gasteiger partial charge in [-0.3, -0.25) is 4.79 Å². The van der Waals surface area contributed by atoms with Gasteiger partial charge in [0.15, 0.2) is 0 Å². The average Bonchev–Trinajstić information content (AvgIpc) is 2.96. The van der Waals surface area contributed by atoms with Crippen molar-refractivity contribution in [1.29, 1.82) is 0 Å². The number of carboxylic acids is 1. The van der Waals surface area contributed by atoms with E-state index in [1.807, 2.05) is 13.8 Å². The number of rotatable bonds is 8. The third-order valence-corrected chi connectivity index (χ3v) is 3.57. The molecule has 0 spiro atoms. The molecule has 1 atom stereocenters. The maximum absolute atomic E-state index is 11.8. The first-order valence-electron chi connectivity index (χ1n) is 6.83. The van der Waals surface area contributed by atoms with Crippen molar-refractivity contribution in [3.05, 3.63) is 11.8 Å². The number of nitrogens with one attached hydrogen (secondary N) is 1. The molecular weight excluding hydrogens is 244 g/mol. The molecule has 1 aliphatic carbocycles. The van der Waals surface area contributed by atoms with E-state index >= 15 is 0 Å². The number of carbonyl (C=O) groups is 2. The fraction of sp³-hybridized carbons (Fsp3) is 0.714. The minimum Gasteiger partial charge on any atom is -0.477 e. The molecule has 0 heterocycles. The molecule has 1 fully saturated rings. The molecule has 0 aliphatic heterocycles. The summed E-state index contributed by atoms with van der Waals surface area (Å²) in [5.74, 6) is -1.32. The largest absolute Gasteiger partial charge is 0.477 e. The first-order valence-corrected chi connectivity index (χ1v) is 6.83. The molecule has 5 nitrogen and oxygen atoms in total. The standard InChI is InChI=1S/C14H24N2O3/c1-14(2)9-10(14)12(17)16-11(13(18)19)7-5-3-4-6-8-15/h7,10H,3-6,8-9,15H2,1-2H3,(H,16,17)(H,18,19)/b11-7-. The van der Waals surface area contributed by atoms with E-state index in [2.05, 4.69) is 5.32 Å². The molecule has 19 heavy (non-hydrogen) atoms. The highest BCUT2D eigenvalue weighted by Crippen LogP contribution is 2.51. The molecule has 1 unspecified atom stereocenters. The van der Waals surface area contributed by atoms with Crippen molar-refractivity contribution in [3.8, 4) is 0 Å². The quantitative estimate of drug-likeness (QED) is 0.461. The number of allylic oxidation sites excluding steroid dienone is 1. The number of unbranched alkanes of at least 4 members (excludes halogenated alkanes) is 3. The van der Waals surface area contributed by atoms with E-state index in [0.29, 0.717) is 13.0 Å². The van der Waals surface area contributed by atoms with E-state index in [1.165, 1.54) is 0 Å². The van der Waals surface area contributed by atoms with Crippen LogP contribution in [0, 0.1) is 11.3 Å². The predicted octanol–water partition coefficient (Wildman–Crippen LogP) is 1.64. The van der Waals surface area contributed by atoms with Crippen molar-refractivity contribution in [2.24, 2.45) is 17.1 Å². The number of hydrogen-bond acceptors (Lipinski definition) is 3. The Labute approximate surface area is 114 Å². The molecule has 0 aromatic rings. The van der Waals surface area contributed by atoms with E-state index in [-0.39, 0.29) is 22.9 Å². The van der Waals surface area contributed by atoms with Gasteiger partial charge < -0.3 is 16.2 Å². The van der Waals surface area contributed by atoms with Gasteiger partial charge in [-0.2, -0.15) is 0 Å². The van der Waals surface area contributed by atoms with E-state index in [9.17, 15) is 9.59 Å².